The summed E-state index contributed by atoms with van der Waals surface area (Å²) in [6, 6.07) is 0. The number of aliphatic carboxylic acids is 1. The number of allylic oxidation sites excluding steroid dienone is 6. The number of unbranched alkanes of at least 4 members (excludes halogenated alkanes) is 6. The van der Waals surface area contributed by atoms with Crippen LogP contribution in [0.15, 0.2) is 36.5 Å². The zero-order valence-corrected chi connectivity index (χ0v) is 17.6. The van der Waals surface area contributed by atoms with Crippen LogP contribution in [0.3, 0.4) is 0 Å². The Hall–Kier alpha value is -1.22. The Morgan fingerprint density at radius 1 is 0.885 bits per heavy atom. The molecular weight excluding hydrogens is 340 g/mol. The van der Waals surface area contributed by atoms with Gasteiger partial charge in [0.1, 0.15) is 0 Å². The second-order valence-corrected chi connectivity index (χ2v) is 7.63. The van der Waals surface area contributed by atoms with Crippen molar-refractivity contribution in [1.82, 2.24) is 0 Å². The highest BCUT2D eigenvalue weighted by Crippen LogP contribution is 2.17. The molecule has 1 unspecified atom stereocenters. The van der Waals surface area contributed by atoms with Gasteiger partial charge in [0.15, 0.2) is 0 Å². The average molecular weight is 379 g/mol. The molecule has 0 fully saturated rings. The van der Waals surface area contributed by atoms with Crippen molar-refractivity contribution >= 4 is 23.1 Å². The Labute approximate surface area is 166 Å². The Kier molecular flexibility index (Phi) is 17.7. The third-order valence-corrected chi connectivity index (χ3v) is 4.50. The molecule has 26 heavy (non-hydrogen) atoms. The van der Waals surface area contributed by atoms with Crippen LogP contribution in [0.2, 0.25) is 0 Å². The van der Waals surface area contributed by atoms with E-state index in [1.54, 1.807) is 0 Å². The van der Waals surface area contributed by atoms with Gasteiger partial charge < -0.3 is 5.11 Å². The standard InChI is InChI=1S/C23H38O2S/c1-3-4-5-6-7-8-9-10-11-12-13-14-15-16-17-18-19-22(23(24)25)20-21(2)26/h4-5,7-8,10-11,22H,3,6,9,12-20H2,1-2H3,(H,24,25). The van der Waals surface area contributed by atoms with Gasteiger partial charge in [0.05, 0.1) is 5.92 Å². The highest BCUT2D eigenvalue weighted by Gasteiger charge is 2.17. The van der Waals surface area contributed by atoms with Crippen molar-refractivity contribution in [1.29, 1.82) is 0 Å². The van der Waals surface area contributed by atoms with E-state index in [4.69, 9.17) is 12.2 Å². The van der Waals surface area contributed by atoms with Crippen molar-refractivity contribution in [3.63, 3.8) is 0 Å². The van der Waals surface area contributed by atoms with E-state index in [2.05, 4.69) is 43.4 Å². The number of rotatable bonds is 17. The highest BCUT2D eigenvalue weighted by atomic mass is 32.1. The minimum atomic E-state index is -0.701. The van der Waals surface area contributed by atoms with Gasteiger partial charge in [-0.2, -0.15) is 0 Å². The van der Waals surface area contributed by atoms with E-state index in [0.717, 1.165) is 43.4 Å². The molecule has 0 heterocycles. The molecule has 148 valence electrons. The SMILES string of the molecule is CCC=CCC=CCC=CCCCCCCCCC(CC(C)=S)C(=O)O. The maximum absolute atomic E-state index is 11.2. The molecule has 0 amide bonds. The first kappa shape index (κ1) is 24.8. The Morgan fingerprint density at radius 2 is 1.42 bits per heavy atom. The molecule has 0 saturated heterocycles. The molecule has 3 heteroatoms. The first-order valence-electron chi connectivity index (χ1n) is 10.2. The van der Waals surface area contributed by atoms with Crippen LogP contribution in [0.25, 0.3) is 0 Å². The molecule has 0 saturated carbocycles. The van der Waals surface area contributed by atoms with E-state index in [9.17, 15) is 9.90 Å². The van der Waals surface area contributed by atoms with Crippen LogP contribution >= 0.6 is 12.2 Å². The second kappa shape index (κ2) is 18.6. The summed E-state index contributed by atoms with van der Waals surface area (Å²) >= 11 is 5.03. The van der Waals surface area contributed by atoms with Crippen molar-refractivity contribution in [3.05, 3.63) is 36.5 Å². The molecule has 1 N–H and O–H groups in total. The van der Waals surface area contributed by atoms with Crippen LogP contribution < -0.4 is 0 Å². The van der Waals surface area contributed by atoms with Gasteiger partial charge in [-0.05, 0) is 56.7 Å². The van der Waals surface area contributed by atoms with Crippen LogP contribution in [0.4, 0.5) is 0 Å². The molecular formula is C23H38O2S. The van der Waals surface area contributed by atoms with E-state index in [1.807, 2.05) is 6.92 Å². The monoisotopic (exact) mass is 378 g/mol. The summed E-state index contributed by atoms with van der Waals surface area (Å²) in [5.74, 6) is -0.984. The lowest BCUT2D eigenvalue weighted by Gasteiger charge is -2.11. The van der Waals surface area contributed by atoms with Crippen molar-refractivity contribution in [2.75, 3.05) is 0 Å². The fourth-order valence-corrected chi connectivity index (χ4v) is 3.05. The summed E-state index contributed by atoms with van der Waals surface area (Å²) < 4.78 is 0. The molecule has 2 nitrogen and oxygen atoms in total. The molecule has 0 aliphatic rings. The molecule has 0 spiro atoms. The van der Waals surface area contributed by atoms with Crippen molar-refractivity contribution in [3.8, 4) is 0 Å². The largest absolute Gasteiger partial charge is 0.481 e. The van der Waals surface area contributed by atoms with Crippen LogP contribution in [0.5, 0.6) is 0 Å². The summed E-state index contributed by atoms with van der Waals surface area (Å²) in [5, 5.41) is 9.17. The molecule has 0 aromatic heterocycles. The lowest BCUT2D eigenvalue weighted by molar-refractivity contribution is -0.141. The van der Waals surface area contributed by atoms with E-state index < -0.39 is 5.97 Å². The average Bonchev–Trinajstić information content (AvgIpc) is 2.59. The van der Waals surface area contributed by atoms with Crippen molar-refractivity contribution < 1.29 is 9.90 Å². The highest BCUT2D eigenvalue weighted by molar-refractivity contribution is 7.80. The van der Waals surface area contributed by atoms with E-state index in [1.165, 1.54) is 32.1 Å². The zero-order chi connectivity index (χ0) is 19.5. The number of hydrogen-bond donors (Lipinski definition) is 1. The van der Waals surface area contributed by atoms with Crippen LogP contribution in [0, 0.1) is 5.92 Å². The van der Waals surface area contributed by atoms with Crippen LogP contribution in [-0.4, -0.2) is 15.9 Å². The van der Waals surface area contributed by atoms with E-state index in [0.29, 0.717) is 6.42 Å². The Balaban J connectivity index is 3.47. The van der Waals surface area contributed by atoms with Gasteiger partial charge in [-0.3, -0.25) is 4.79 Å². The van der Waals surface area contributed by atoms with Gasteiger partial charge in [0.2, 0.25) is 0 Å². The molecule has 0 aromatic rings. The first-order valence-corrected chi connectivity index (χ1v) is 10.7. The predicted molar refractivity (Wildman–Crippen MR) is 118 cm³/mol. The van der Waals surface area contributed by atoms with Crippen LogP contribution in [-0.2, 0) is 4.79 Å². The number of carbonyl (C=O) groups is 1. The third-order valence-electron chi connectivity index (χ3n) is 4.34. The fraction of sp³-hybridized carbons (Fsp3) is 0.652. The molecule has 0 aromatic carbocycles. The minimum Gasteiger partial charge on any atom is -0.481 e. The summed E-state index contributed by atoms with van der Waals surface area (Å²) in [6.45, 7) is 3.99. The zero-order valence-electron chi connectivity index (χ0n) is 16.8. The molecule has 0 aliphatic carbocycles. The van der Waals surface area contributed by atoms with Crippen molar-refractivity contribution in [2.24, 2.45) is 5.92 Å². The summed E-state index contributed by atoms with van der Waals surface area (Å²) in [4.78, 5) is 12.0. The third kappa shape index (κ3) is 17.6. The van der Waals surface area contributed by atoms with Crippen LogP contribution in [0.1, 0.15) is 90.9 Å². The number of hydrogen-bond acceptors (Lipinski definition) is 2. The maximum Gasteiger partial charge on any atom is 0.306 e. The number of carboxylic acids is 1. The summed E-state index contributed by atoms with van der Waals surface area (Å²) in [6.07, 6.45) is 26.2. The number of thiocarbonyl (C=S) groups is 1. The molecule has 1 atom stereocenters. The maximum atomic E-state index is 11.2. The van der Waals surface area contributed by atoms with Gasteiger partial charge in [-0.1, -0.05) is 87.7 Å². The molecule has 0 radical (unpaired) electrons. The topological polar surface area (TPSA) is 37.3 Å². The van der Waals surface area contributed by atoms with E-state index in [-0.39, 0.29) is 5.92 Å². The normalized spacial score (nSPS) is 13.2. The lowest BCUT2D eigenvalue weighted by atomic mass is 9.96. The fourth-order valence-electron chi connectivity index (χ4n) is 2.85. The quantitative estimate of drug-likeness (QED) is 0.162. The molecule has 0 aliphatic heterocycles. The first-order chi connectivity index (χ1) is 12.6. The summed E-state index contributed by atoms with van der Waals surface area (Å²) in [5.41, 5.74) is 0. The second-order valence-electron chi connectivity index (χ2n) is 6.93. The number of carboxylic acid groups (broad SMARTS) is 1. The van der Waals surface area contributed by atoms with E-state index >= 15 is 0 Å². The lowest BCUT2D eigenvalue weighted by Crippen LogP contribution is -2.16. The Bertz CT molecular complexity index is 449. The minimum absolute atomic E-state index is 0.283. The summed E-state index contributed by atoms with van der Waals surface area (Å²) in [7, 11) is 0. The van der Waals surface area contributed by atoms with Gasteiger partial charge in [0.25, 0.3) is 0 Å². The van der Waals surface area contributed by atoms with Gasteiger partial charge >= 0.3 is 5.97 Å². The van der Waals surface area contributed by atoms with Crippen molar-refractivity contribution in [2.45, 2.75) is 90.9 Å². The Morgan fingerprint density at radius 3 is 2.00 bits per heavy atom. The molecule has 0 rings (SSSR count). The van der Waals surface area contributed by atoms with Gasteiger partial charge in [0, 0.05) is 0 Å². The van der Waals surface area contributed by atoms with Gasteiger partial charge in [-0.15, -0.1) is 0 Å². The smallest absolute Gasteiger partial charge is 0.306 e. The molecule has 0 bridgehead atoms. The van der Waals surface area contributed by atoms with Gasteiger partial charge in [-0.25, -0.2) is 0 Å². The predicted octanol–water partition coefficient (Wildman–Crippen LogP) is 7.45.